The first-order valence-electron chi connectivity index (χ1n) is 30.2. The molecule has 7 nitrogen and oxygen atoms in total. The van der Waals surface area contributed by atoms with Gasteiger partial charge in [-0.05, 0) is 121 Å². The van der Waals surface area contributed by atoms with Crippen molar-refractivity contribution in [2.24, 2.45) is 0 Å². The first-order valence-corrected chi connectivity index (χ1v) is 31.1. The molecule has 12 aromatic carbocycles. The zero-order chi connectivity index (χ0) is 58.1. The van der Waals surface area contributed by atoms with Crippen molar-refractivity contribution in [2.75, 3.05) is 9.44 Å². The molecule has 0 spiro atoms. The lowest BCUT2D eigenvalue weighted by molar-refractivity contribution is 0.368. The Hall–Kier alpha value is -10.8. The van der Waals surface area contributed by atoms with Crippen LogP contribution in [-0.2, 0) is 0 Å². The third-order valence-corrected chi connectivity index (χ3v) is 19.0. The lowest BCUT2D eigenvalue weighted by Crippen LogP contribution is -2.57. The van der Waals surface area contributed by atoms with Crippen molar-refractivity contribution >= 4 is 139 Å². The second-order valence-corrected chi connectivity index (χ2v) is 24.1. The number of aromatic nitrogens is 1. The zero-order valence-electron chi connectivity index (χ0n) is 48.1. The molecule has 2 aromatic heterocycles. The summed E-state index contributed by atoms with van der Waals surface area (Å²) in [6.45, 7) is -0.154. The number of fused-ring (bicyclic) bond motifs is 10. The summed E-state index contributed by atoms with van der Waals surface area (Å²) < 4.78 is 10.2. The first kappa shape index (κ1) is 51.6. The Bertz CT molecular complexity index is 5070. The van der Waals surface area contributed by atoms with Gasteiger partial charge in [-0.2, -0.15) is 0 Å². The largest absolute Gasteiger partial charge is 0.418 e. The second-order valence-electron chi connectivity index (χ2n) is 23.0. The standard InChI is InChI=1S/C38H28B2N4.C38H27B2N3S/c1-3-15-31(16-4-1)39-41-27-29-13-7-8-14-30(29)28-42(41)40(32-17-5-2-6-18-32)44(39)34-25-23-33(24-26-34)43-37-21-11-9-19-35(37)36-20-10-12-22-38(36)43;1-3-15-32(16-4-1)39-41-26-30-12-7-8-13-31(30)27-42(41)40(43(39)34-18-5-2-6-19-34)33-17-11-14-28(24-33)29-22-23-38-36(25-29)35-20-9-10-21-37(35)44-38/h1-28H;1-27H. The van der Waals surface area contributed by atoms with Gasteiger partial charge in [0.15, 0.2) is 0 Å². The van der Waals surface area contributed by atoms with Crippen LogP contribution < -0.4 is 52.2 Å². The summed E-state index contributed by atoms with van der Waals surface area (Å²) in [6.07, 6.45) is 9.22. The SMILES string of the molecule is C1=c2ccccc2=CN2B(c3cccc(-c4ccc5sc6ccccc6c5c4)c3)N(c3ccccc3)B(c3ccccc3)N12.C1=c2ccccc2=CN2B(c3ccccc3)N(c3ccc(-n4c5ccccc5c5ccccc54)cc3)B(c3ccccc3)N12. The third-order valence-electron chi connectivity index (χ3n) is 17.9. The van der Waals surface area contributed by atoms with Gasteiger partial charge in [0.25, 0.3) is 0 Å². The Morgan fingerprint density at radius 1 is 0.239 bits per heavy atom. The fourth-order valence-corrected chi connectivity index (χ4v) is 15.0. The molecule has 0 unspecified atom stereocenters. The summed E-state index contributed by atoms with van der Waals surface area (Å²) in [6, 6.07) is 112. The Kier molecular flexibility index (Phi) is 12.7. The molecule has 2 saturated heterocycles. The van der Waals surface area contributed by atoms with Crippen molar-refractivity contribution in [2.45, 2.75) is 0 Å². The van der Waals surface area contributed by atoms with Gasteiger partial charge in [-0.25, -0.2) is 0 Å². The minimum atomic E-state index is -0.0575. The quantitative estimate of drug-likeness (QED) is 0.141. The molecule has 18 rings (SSSR count). The number of benzene rings is 12. The Labute approximate surface area is 516 Å². The van der Waals surface area contributed by atoms with Gasteiger partial charge in [0.2, 0.25) is 0 Å². The number of rotatable bonds is 8. The predicted octanol–water partition coefficient (Wildman–Crippen LogP) is 11.1. The van der Waals surface area contributed by atoms with E-state index in [1.807, 2.05) is 11.3 Å². The molecule has 4 aliphatic heterocycles. The van der Waals surface area contributed by atoms with Crippen molar-refractivity contribution in [3.8, 4) is 16.8 Å². The van der Waals surface area contributed by atoms with E-state index in [4.69, 9.17) is 0 Å². The maximum Gasteiger partial charge on any atom is 0.418 e. The van der Waals surface area contributed by atoms with Crippen LogP contribution in [0.15, 0.2) is 309 Å². The maximum absolute atomic E-state index is 2.56. The van der Waals surface area contributed by atoms with Crippen LogP contribution in [-0.4, -0.2) is 52.2 Å². The summed E-state index contributed by atoms with van der Waals surface area (Å²) in [4.78, 5) is 9.62. The number of hydrogen-bond acceptors (Lipinski definition) is 7. The van der Waals surface area contributed by atoms with E-state index in [1.165, 1.54) is 102 Å². The van der Waals surface area contributed by atoms with Crippen LogP contribution >= 0.6 is 11.3 Å². The predicted molar refractivity (Wildman–Crippen MR) is 374 cm³/mol. The molecule has 6 heterocycles. The highest BCUT2D eigenvalue weighted by molar-refractivity contribution is 7.25. The van der Waals surface area contributed by atoms with Gasteiger partial charge in [0.05, 0.1) is 11.0 Å². The fourth-order valence-electron chi connectivity index (χ4n) is 13.9. The second kappa shape index (κ2) is 21.6. The molecule has 0 atom stereocenters. The Morgan fingerprint density at radius 2 is 0.602 bits per heavy atom. The highest BCUT2D eigenvalue weighted by Gasteiger charge is 2.54. The van der Waals surface area contributed by atoms with E-state index < -0.39 is 0 Å². The summed E-state index contributed by atoms with van der Waals surface area (Å²) in [5.41, 5.74) is 13.4. The molecule has 412 valence electrons. The van der Waals surface area contributed by atoms with Gasteiger partial charge in [-0.3, -0.25) is 0 Å². The summed E-state index contributed by atoms with van der Waals surface area (Å²) in [7, 11) is 0. The van der Waals surface area contributed by atoms with E-state index in [1.54, 1.807) is 0 Å². The molecular weight excluding hydrogens is 1090 g/mol. The van der Waals surface area contributed by atoms with Crippen LogP contribution in [0.1, 0.15) is 0 Å². The molecule has 88 heavy (non-hydrogen) atoms. The molecule has 4 aliphatic rings. The van der Waals surface area contributed by atoms with Gasteiger partial charge in [-0.1, -0.05) is 243 Å². The molecular formula is C76H55B4N7S. The number of hydrazine groups is 2. The number of nitrogens with zero attached hydrogens (tertiary/aromatic N) is 7. The summed E-state index contributed by atoms with van der Waals surface area (Å²) in [5.74, 6) is 0. The Morgan fingerprint density at radius 3 is 1.10 bits per heavy atom. The normalized spacial score (nSPS) is 14.0. The highest BCUT2D eigenvalue weighted by atomic mass is 32.1. The van der Waals surface area contributed by atoms with Crippen LogP contribution in [0.4, 0.5) is 11.4 Å². The molecule has 0 radical (unpaired) electrons. The van der Waals surface area contributed by atoms with E-state index in [-0.39, 0.29) is 27.9 Å². The molecule has 0 aliphatic carbocycles. The van der Waals surface area contributed by atoms with Gasteiger partial charge >= 0.3 is 27.9 Å². The average molecular weight is 1140 g/mol. The van der Waals surface area contributed by atoms with Crippen molar-refractivity contribution in [1.29, 1.82) is 0 Å². The van der Waals surface area contributed by atoms with Crippen molar-refractivity contribution in [1.82, 2.24) is 24.2 Å². The minimum absolute atomic E-state index is 0.0228. The van der Waals surface area contributed by atoms with Crippen LogP contribution in [0.5, 0.6) is 0 Å². The fraction of sp³-hybridized carbons (Fsp3) is 0. The van der Waals surface area contributed by atoms with E-state index >= 15 is 0 Å². The van der Waals surface area contributed by atoms with Gasteiger partial charge in [-0.15, -0.1) is 11.3 Å². The lowest BCUT2D eigenvalue weighted by atomic mass is 9.55. The van der Waals surface area contributed by atoms with Gasteiger partial charge < -0.3 is 33.7 Å². The van der Waals surface area contributed by atoms with E-state index in [9.17, 15) is 0 Å². The first-order chi connectivity index (χ1) is 43.7. The maximum atomic E-state index is 2.56. The van der Waals surface area contributed by atoms with Crippen LogP contribution in [0.25, 0.3) is 83.6 Å². The highest BCUT2D eigenvalue weighted by Crippen LogP contribution is 2.38. The smallest absolute Gasteiger partial charge is 0.413 e. The average Bonchev–Trinajstić information content (AvgIpc) is 1.83. The monoisotopic (exact) mass is 1140 g/mol. The van der Waals surface area contributed by atoms with Crippen LogP contribution in [0.2, 0.25) is 0 Å². The number of hydrogen-bond donors (Lipinski definition) is 0. The van der Waals surface area contributed by atoms with E-state index in [2.05, 4.69) is 368 Å². The molecule has 0 amide bonds. The molecule has 0 bridgehead atoms. The molecule has 14 aromatic rings. The molecule has 2 fully saturated rings. The Balaban J connectivity index is 0.000000137. The number of anilines is 2. The van der Waals surface area contributed by atoms with Crippen molar-refractivity contribution < 1.29 is 0 Å². The molecule has 12 heteroatoms. The summed E-state index contributed by atoms with van der Waals surface area (Å²) in [5, 5.41) is 10.1. The molecule has 0 N–H and O–H groups in total. The lowest BCUT2D eigenvalue weighted by Gasteiger charge is -2.32. The van der Waals surface area contributed by atoms with Gasteiger partial charge in [0.1, 0.15) is 0 Å². The van der Waals surface area contributed by atoms with Crippen molar-refractivity contribution in [3.05, 3.63) is 330 Å². The topological polar surface area (TPSA) is 24.4 Å². The van der Waals surface area contributed by atoms with Crippen LogP contribution in [0, 0.1) is 0 Å². The van der Waals surface area contributed by atoms with Crippen LogP contribution in [0.3, 0.4) is 0 Å². The molecule has 0 saturated carbocycles. The number of para-hydroxylation sites is 3. The van der Waals surface area contributed by atoms with Gasteiger partial charge in [0, 0.05) is 72.8 Å². The number of thiophene rings is 1. The van der Waals surface area contributed by atoms with E-state index in [0.717, 1.165) is 11.4 Å². The van der Waals surface area contributed by atoms with E-state index in [0.29, 0.717) is 0 Å². The minimum Gasteiger partial charge on any atom is -0.413 e. The zero-order valence-corrected chi connectivity index (χ0v) is 48.9. The van der Waals surface area contributed by atoms with Crippen molar-refractivity contribution in [3.63, 3.8) is 0 Å². The summed E-state index contributed by atoms with van der Waals surface area (Å²) >= 11 is 1.87. The third kappa shape index (κ3) is 8.78.